The van der Waals surface area contributed by atoms with Crippen LogP contribution >= 0.6 is 11.6 Å². The van der Waals surface area contributed by atoms with E-state index in [-0.39, 0.29) is 23.0 Å². The quantitative estimate of drug-likeness (QED) is 0.292. The molecule has 3 aromatic carbocycles. The lowest BCUT2D eigenvalue weighted by atomic mass is 10.1. The van der Waals surface area contributed by atoms with Crippen LogP contribution < -0.4 is 9.62 Å². The monoisotopic (exact) mass is 569 g/mol. The van der Waals surface area contributed by atoms with E-state index in [9.17, 15) is 18.0 Å². The molecule has 1 atom stereocenters. The van der Waals surface area contributed by atoms with E-state index < -0.39 is 28.5 Å². The van der Waals surface area contributed by atoms with E-state index in [2.05, 4.69) is 5.32 Å². The van der Waals surface area contributed by atoms with E-state index in [1.165, 1.54) is 23.1 Å². The Hall–Kier alpha value is -3.36. The van der Waals surface area contributed by atoms with Crippen molar-refractivity contribution in [1.82, 2.24) is 10.2 Å². The van der Waals surface area contributed by atoms with Gasteiger partial charge in [-0.3, -0.25) is 13.9 Å². The van der Waals surface area contributed by atoms with Crippen LogP contribution in [0.25, 0.3) is 0 Å². The third kappa shape index (κ3) is 8.07. The second-order valence-electron chi connectivity index (χ2n) is 9.64. The molecule has 0 radical (unpaired) electrons. The molecule has 0 saturated heterocycles. The number of sulfonamides is 1. The van der Waals surface area contributed by atoms with E-state index in [0.717, 1.165) is 33.8 Å². The Balaban J connectivity index is 2.00. The molecular formula is C30H36ClN3O4S. The topological polar surface area (TPSA) is 86.8 Å². The van der Waals surface area contributed by atoms with Crippen LogP contribution in [0.15, 0.2) is 77.7 Å². The number of carbonyl (C=O) groups is 2. The number of anilines is 1. The van der Waals surface area contributed by atoms with Gasteiger partial charge in [-0.05, 0) is 63.1 Å². The van der Waals surface area contributed by atoms with Crippen molar-refractivity contribution in [2.75, 3.05) is 17.4 Å². The standard InChI is InChI=1S/C30H36ClN3O4S/c1-5-6-17-32-30(36)24(4)33(20-25-10-7-9-23(3)18-25)29(35)21-34(27-12-8-11-26(31)19-27)39(37,38)28-15-13-22(2)14-16-28/h7-16,18-19,24H,5-6,17,20-21H2,1-4H3,(H,32,36)/t24-/m1/s1. The SMILES string of the molecule is CCCCNC(=O)[C@@H](C)N(Cc1cccc(C)c1)C(=O)CN(c1cccc(Cl)c1)S(=O)(=O)c1ccc(C)cc1. The van der Waals surface area contributed by atoms with Crippen molar-refractivity contribution in [3.8, 4) is 0 Å². The van der Waals surface area contributed by atoms with Gasteiger partial charge in [-0.2, -0.15) is 0 Å². The summed E-state index contributed by atoms with van der Waals surface area (Å²) in [5, 5.41) is 3.22. The molecule has 0 heterocycles. The summed E-state index contributed by atoms with van der Waals surface area (Å²) < 4.78 is 28.7. The summed E-state index contributed by atoms with van der Waals surface area (Å²) >= 11 is 6.21. The number of rotatable bonds is 12. The molecule has 1 N–H and O–H groups in total. The Kier molecular flexibility index (Phi) is 10.5. The van der Waals surface area contributed by atoms with Gasteiger partial charge in [-0.25, -0.2) is 8.42 Å². The number of aryl methyl sites for hydroxylation is 2. The Morgan fingerprint density at radius 3 is 2.28 bits per heavy atom. The minimum atomic E-state index is -4.13. The molecule has 39 heavy (non-hydrogen) atoms. The zero-order chi connectivity index (χ0) is 28.6. The van der Waals surface area contributed by atoms with Gasteiger partial charge in [0.1, 0.15) is 12.6 Å². The highest BCUT2D eigenvalue weighted by Crippen LogP contribution is 2.27. The number of amides is 2. The minimum Gasteiger partial charge on any atom is -0.354 e. The molecule has 3 rings (SSSR count). The summed E-state index contributed by atoms with van der Waals surface area (Å²) in [7, 11) is -4.13. The first kappa shape index (κ1) is 30.2. The maximum atomic E-state index is 13.9. The average Bonchev–Trinajstić information content (AvgIpc) is 2.90. The molecule has 0 bridgehead atoms. The molecule has 2 amide bonds. The molecule has 3 aromatic rings. The second-order valence-corrected chi connectivity index (χ2v) is 11.9. The van der Waals surface area contributed by atoms with Crippen molar-refractivity contribution >= 4 is 39.1 Å². The Morgan fingerprint density at radius 2 is 1.64 bits per heavy atom. The second kappa shape index (κ2) is 13.6. The highest BCUT2D eigenvalue weighted by Gasteiger charge is 2.32. The molecule has 0 aliphatic heterocycles. The fourth-order valence-corrected chi connectivity index (χ4v) is 5.71. The van der Waals surface area contributed by atoms with E-state index >= 15 is 0 Å². The first-order valence-corrected chi connectivity index (χ1v) is 14.8. The van der Waals surface area contributed by atoms with E-state index in [1.807, 2.05) is 45.0 Å². The van der Waals surface area contributed by atoms with Gasteiger partial charge in [0.25, 0.3) is 10.0 Å². The average molecular weight is 570 g/mol. The highest BCUT2D eigenvalue weighted by atomic mass is 35.5. The zero-order valence-electron chi connectivity index (χ0n) is 22.9. The van der Waals surface area contributed by atoms with E-state index in [1.54, 1.807) is 37.3 Å². The molecule has 0 aromatic heterocycles. The highest BCUT2D eigenvalue weighted by molar-refractivity contribution is 7.92. The predicted molar refractivity (Wildman–Crippen MR) is 156 cm³/mol. The maximum Gasteiger partial charge on any atom is 0.264 e. The summed E-state index contributed by atoms with van der Waals surface area (Å²) in [6.45, 7) is 7.65. The fraction of sp³-hybridized carbons (Fsp3) is 0.333. The van der Waals surface area contributed by atoms with Gasteiger partial charge in [0.05, 0.1) is 10.6 Å². The third-order valence-electron chi connectivity index (χ3n) is 6.42. The fourth-order valence-electron chi connectivity index (χ4n) is 4.12. The predicted octanol–water partition coefficient (Wildman–Crippen LogP) is 5.49. The van der Waals surface area contributed by atoms with Crippen molar-refractivity contribution in [1.29, 1.82) is 0 Å². The van der Waals surface area contributed by atoms with Gasteiger partial charge in [0.15, 0.2) is 0 Å². The normalized spacial score (nSPS) is 12.0. The number of unbranched alkanes of at least 4 members (excludes halogenated alkanes) is 1. The van der Waals surface area contributed by atoms with Gasteiger partial charge < -0.3 is 10.2 Å². The molecular weight excluding hydrogens is 534 g/mol. The molecule has 0 fully saturated rings. The van der Waals surface area contributed by atoms with Crippen LogP contribution in [0.1, 0.15) is 43.4 Å². The van der Waals surface area contributed by atoms with Gasteiger partial charge in [-0.15, -0.1) is 0 Å². The zero-order valence-corrected chi connectivity index (χ0v) is 24.4. The van der Waals surface area contributed by atoms with Gasteiger partial charge in [0.2, 0.25) is 11.8 Å². The van der Waals surface area contributed by atoms with Gasteiger partial charge in [-0.1, -0.05) is 78.5 Å². The lowest BCUT2D eigenvalue weighted by Crippen LogP contribution is -2.51. The largest absolute Gasteiger partial charge is 0.354 e. The molecule has 0 aliphatic carbocycles. The van der Waals surface area contributed by atoms with Crippen molar-refractivity contribution in [2.24, 2.45) is 0 Å². The maximum absolute atomic E-state index is 13.9. The van der Waals surface area contributed by atoms with E-state index in [0.29, 0.717) is 11.6 Å². The molecule has 208 valence electrons. The number of hydrogen-bond acceptors (Lipinski definition) is 4. The van der Waals surface area contributed by atoms with Crippen molar-refractivity contribution in [2.45, 2.75) is 58.0 Å². The summed E-state index contributed by atoms with van der Waals surface area (Å²) in [5.41, 5.74) is 3.02. The number of carbonyl (C=O) groups excluding carboxylic acids is 2. The smallest absolute Gasteiger partial charge is 0.264 e. The summed E-state index contributed by atoms with van der Waals surface area (Å²) in [6, 6.07) is 19.7. The van der Waals surface area contributed by atoms with Crippen molar-refractivity contribution < 1.29 is 18.0 Å². The van der Waals surface area contributed by atoms with Crippen molar-refractivity contribution in [3.63, 3.8) is 0 Å². The van der Waals surface area contributed by atoms with Crippen LogP contribution in [0.3, 0.4) is 0 Å². The lowest BCUT2D eigenvalue weighted by molar-refractivity contribution is -0.139. The van der Waals surface area contributed by atoms with Gasteiger partial charge in [0, 0.05) is 18.1 Å². The number of halogens is 1. The number of hydrogen-bond donors (Lipinski definition) is 1. The third-order valence-corrected chi connectivity index (χ3v) is 8.44. The number of nitrogens with one attached hydrogen (secondary N) is 1. The molecule has 0 saturated carbocycles. The summed E-state index contributed by atoms with van der Waals surface area (Å²) in [4.78, 5) is 28.4. The van der Waals surface area contributed by atoms with Crippen LogP contribution in [-0.2, 0) is 26.2 Å². The Bertz CT molecular complexity index is 1390. The summed E-state index contributed by atoms with van der Waals surface area (Å²) in [5.74, 6) is -0.800. The van der Waals surface area contributed by atoms with Crippen LogP contribution in [0.2, 0.25) is 5.02 Å². The molecule has 9 heteroatoms. The first-order chi connectivity index (χ1) is 18.5. The molecule has 0 aliphatic rings. The van der Waals surface area contributed by atoms with Crippen LogP contribution in [0.4, 0.5) is 5.69 Å². The molecule has 0 unspecified atom stereocenters. The minimum absolute atomic E-state index is 0.0523. The molecule has 0 spiro atoms. The summed E-state index contributed by atoms with van der Waals surface area (Å²) in [6.07, 6.45) is 1.74. The Morgan fingerprint density at radius 1 is 0.949 bits per heavy atom. The number of benzene rings is 3. The van der Waals surface area contributed by atoms with Crippen molar-refractivity contribution in [3.05, 3.63) is 94.5 Å². The Labute approximate surface area is 236 Å². The lowest BCUT2D eigenvalue weighted by Gasteiger charge is -2.32. The van der Waals surface area contributed by atoms with Crippen LogP contribution in [-0.4, -0.2) is 44.3 Å². The number of nitrogens with zero attached hydrogens (tertiary/aromatic N) is 2. The van der Waals surface area contributed by atoms with E-state index in [4.69, 9.17) is 11.6 Å². The van der Waals surface area contributed by atoms with Crippen LogP contribution in [0.5, 0.6) is 0 Å². The van der Waals surface area contributed by atoms with Gasteiger partial charge >= 0.3 is 0 Å². The molecule has 7 nitrogen and oxygen atoms in total. The first-order valence-electron chi connectivity index (χ1n) is 13.0. The van der Waals surface area contributed by atoms with Crippen LogP contribution in [0, 0.1) is 13.8 Å².